The molecule has 0 aliphatic carbocycles. The minimum absolute atomic E-state index is 0.585. The van der Waals surface area contributed by atoms with Gasteiger partial charge in [0, 0.05) is 33.0 Å². The maximum Gasteiger partial charge on any atom is 0.228 e. The van der Waals surface area contributed by atoms with Crippen molar-refractivity contribution >= 4 is 33.0 Å². The molecule has 0 unspecified atom stereocenters. The van der Waals surface area contributed by atoms with Crippen LogP contribution in [0.2, 0.25) is 0 Å². The Morgan fingerprint density at radius 3 is 1.40 bits per heavy atom. The number of aromatic nitrogens is 4. The Kier molecular flexibility index (Phi) is 7.40. The number of furan rings is 1. The summed E-state index contributed by atoms with van der Waals surface area (Å²) >= 11 is 0. The topological polar surface area (TPSA) is 64.7 Å². The van der Waals surface area contributed by atoms with E-state index in [1.165, 1.54) is 0 Å². The van der Waals surface area contributed by atoms with Gasteiger partial charge in [-0.2, -0.15) is 0 Å². The molecule has 248 valence electrons. The molecule has 0 spiro atoms. The number of fused-ring (bicyclic) bond motifs is 4. The number of hydrogen-bond acceptors (Lipinski definition) is 5. The molecule has 0 aliphatic heterocycles. The number of pyridine rings is 1. The smallest absolute Gasteiger partial charge is 0.228 e. The maximum absolute atomic E-state index is 6.35. The van der Waals surface area contributed by atoms with E-state index in [4.69, 9.17) is 24.4 Å². The quantitative estimate of drug-likeness (QED) is 0.175. The summed E-state index contributed by atoms with van der Waals surface area (Å²) in [4.78, 5) is 20.5. The van der Waals surface area contributed by atoms with Gasteiger partial charge in [0.2, 0.25) is 5.71 Å². The molecule has 10 rings (SSSR count). The molecule has 0 aliphatic rings. The van der Waals surface area contributed by atoms with Gasteiger partial charge in [-0.1, -0.05) is 170 Å². The predicted molar refractivity (Wildman–Crippen MR) is 215 cm³/mol. The van der Waals surface area contributed by atoms with Crippen LogP contribution >= 0.6 is 0 Å². The normalized spacial score (nSPS) is 11.4. The van der Waals surface area contributed by atoms with Crippen LogP contribution in [-0.4, -0.2) is 19.9 Å². The predicted octanol–water partition coefficient (Wildman–Crippen LogP) is 12.3. The van der Waals surface area contributed by atoms with Gasteiger partial charge in [-0.15, -0.1) is 0 Å². The summed E-state index contributed by atoms with van der Waals surface area (Å²) < 4.78 is 6.35. The Morgan fingerprint density at radius 2 is 0.774 bits per heavy atom. The summed E-state index contributed by atoms with van der Waals surface area (Å²) in [5.41, 5.74) is 11.6. The molecule has 5 heteroatoms. The van der Waals surface area contributed by atoms with Crippen molar-refractivity contribution in [2.24, 2.45) is 0 Å². The maximum atomic E-state index is 6.35. The number of nitrogens with zero attached hydrogens (tertiary/aromatic N) is 4. The summed E-state index contributed by atoms with van der Waals surface area (Å²) in [5.74, 6) is 1.79. The summed E-state index contributed by atoms with van der Waals surface area (Å²) in [6, 6.07) is 62.3. The number of hydrogen-bond donors (Lipinski definition) is 0. The highest BCUT2D eigenvalue weighted by Gasteiger charge is 2.22. The first-order valence-electron chi connectivity index (χ1n) is 17.6. The SMILES string of the molecule is c1ccc(-c2ccc(-c3nc(-c4ccc(-c5ccccc5)cc4)nc(-c4ccccc4-c4c5ccccc5nc5oc6ccccc6c45)n3)cc2)cc1. The minimum Gasteiger partial charge on any atom is -0.438 e. The minimum atomic E-state index is 0.585. The standard InChI is InChI=1S/C48H30N4O/c1-3-13-31(14-4-1)33-23-27-35(28-24-33)45-50-46(36-29-25-34(26-30-36)32-15-5-2-6-16-32)52-47(51-45)38-18-8-7-17-37(38)43-39-19-9-11-21-41(39)49-48-44(43)40-20-10-12-22-42(40)53-48/h1-30H. The Labute approximate surface area is 305 Å². The lowest BCUT2D eigenvalue weighted by atomic mass is 9.92. The first-order valence-corrected chi connectivity index (χ1v) is 17.6. The lowest BCUT2D eigenvalue weighted by Crippen LogP contribution is -2.01. The molecular formula is C48H30N4O. The van der Waals surface area contributed by atoms with E-state index in [-0.39, 0.29) is 0 Å². The molecule has 7 aromatic carbocycles. The Hall–Kier alpha value is -7.24. The van der Waals surface area contributed by atoms with Crippen LogP contribution in [-0.2, 0) is 0 Å². The van der Waals surface area contributed by atoms with E-state index in [0.717, 1.165) is 77.3 Å². The monoisotopic (exact) mass is 678 g/mol. The second kappa shape index (κ2) is 12.8. The van der Waals surface area contributed by atoms with Crippen LogP contribution in [0.1, 0.15) is 0 Å². The van der Waals surface area contributed by atoms with Crippen LogP contribution in [0.15, 0.2) is 186 Å². The molecule has 53 heavy (non-hydrogen) atoms. The van der Waals surface area contributed by atoms with Crippen LogP contribution < -0.4 is 0 Å². The molecule has 0 atom stereocenters. The van der Waals surface area contributed by atoms with E-state index in [1.54, 1.807) is 0 Å². The molecule has 3 aromatic heterocycles. The summed E-state index contributed by atoms with van der Waals surface area (Å²) in [6.07, 6.45) is 0. The number of benzene rings is 7. The van der Waals surface area contributed by atoms with Gasteiger partial charge in [0.1, 0.15) is 5.58 Å². The molecule has 10 aromatic rings. The Morgan fingerprint density at radius 1 is 0.321 bits per heavy atom. The van der Waals surface area contributed by atoms with Gasteiger partial charge >= 0.3 is 0 Å². The van der Waals surface area contributed by atoms with Gasteiger partial charge in [-0.25, -0.2) is 19.9 Å². The lowest BCUT2D eigenvalue weighted by Gasteiger charge is -2.14. The summed E-state index contributed by atoms with van der Waals surface area (Å²) in [6.45, 7) is 0. The van der Waals surface area contributed by atoms with Gasteiger partial charge < -0.3 is 4.42 Å². The van der Waals surface area contributed by atoms with Crippen molar-refractivity contribution in [1.82, 2.24) is 19.9 Å². The van der Waals surface area contributed by atoms with Gasteiger partial charge in [0.15, 0.2) is 17.5 Å². The summed E-state index contributed by atoms with van der Waals surface area (Å²) in [5, 5.41) is 3.01. The van der Waals surface area contributed by atoms with Crippen molar-refractivity contribution in [2.45, 2.75) is 0 Å². The first-order chi connectivity index (χ1) is 26.3. The highest BCUT2D eigenvalue weighted by atomic mass is 16.3. The van der Waals surface area contributed by atoms with Crippen molar-refractivity contribution < 1.29 is 4.42 Å². The first kappa shape index (κ1) is 30.6. The molecule has 0 saturated heterocycles. The molecule has 0 N–H and O–H groups in total. The Balaban J connectivity index is 1.19. The second-order valence-corrected chi connectivity index (χ2v) is 13.0. The van der Waals surface area contributed by atoms with Crippen LogP contribution in [0.4, 0.5) is 0 Å². The van der Waals surface area contributed by atoms with Crippen molar-refractivity contribution in [3.8, 4) is 67.5 Å². The third-order valence-corrected chi connectivity index (χ3v) is 9.80. The fourth-order valence-corrected chi connectivity index (χ4v) is 7.19. The summed E-state index contributed by atoms with van der Waals surface area (Å²) in [7, 11) is 0. The zero-order valence-corrected chi connectivity index (χ0v) is 28.5. The zero-order chi connectivity index (χ0) is 35.1. The van der Waals surface area contributed by atoms with Crippen LogP contribution in [0.3, 0.4) is 0 Å². The van der Waals surface area contributed by atoms with Gasteiger partial charge in [0.05, 0.1) is 10.9 Å². The fourth-order valence-electron chi connectivity index (χ4n) is 7.19. The van der Waals surface area contributed by atoms with Crippen molar-refractivity contribution in [3.63, 3.8) is 0 Å². The third kappa shape index (κ3) is 5.52. The molecule has 0 bridgehead atoms. The number of rotatable bonds is 6. The largest absolute Gasteiger partial charge is 0.438 e. The van der Waals surface area contributed by atoms with E-state index in [2.05, 4.69) is 133 Å². The van der Waals surface area contributed by atoms with E-state index < -0.39 is 0 Å². The number of para-hydroxylation sites is 2. The van der Waals surface area contributed by atoms with Gasteiger partial charge in [-0.3, -0.25) is 0 Å². The van der Waals surface area contributed by atoms with Gasteiger partial charge in [0.25, 0.3) is 0 Å². The molecule has 3 heterocycles. The average Bonchev–Trinajstić information content (AvgIpc) is 3.61. The average molecular weight is 679 g/mol. The molecule has 5 nitrogen and oxygen atoms in total. The highest BCUT2D eigenvalue weighted by molar-refractivity contribution is 6.19. The van der Waals surface area contributed by atoms with Crippen LogP contribution in [0, 0.1) is 0 Å². The highest BCUT2D eigenvalue weighted by Crippen LogP contribution is 2.43. The third-order valence-electron chi connectivity index (χ3n) is 9.80. The van der Waals surface area contributed by atoms with Crippen molar-refractivity contribution in [1.29, 1.82) is 0 Å². The van der Waals surface area contributed by atoms with E-state index in [9.17, 15) is 0 Å². The lowest BCUT2D eigenvalue weighted by molar-refractivity contribution is 0.656. The molecule has 0 saturated carbocycles. The van der Waals surface area contributed by atoms with E-state index in [1.807, 2.05) is 48.5 Å². The van der Waals surface area contributed by atoms with E-state index >= 15 is 0 Å². The van der Waals surface area contributed by atoms with E-state index in [0.29, 0.717) is 23.2 Å². The van der Waals surface area contributed by atoms with Crippen LogP contribution in [0.5, 0.6) is 0 Å². The molecule has 0 fully saturated rings. The molecular weight excluding hydrogens is 649 g/mol. The van der Waals surface area contributed by atoms with Gasteiger partial charge in [-0.05, 0) is 39.9 Å². The van der Waals surface area contributed by atoms with Crippen molar-refractivity contribution in [2.75, 3.05) is 0 Å². The van der Waals surface area contributed by atoms with Crippen LogP contribution in [0.25, 0.3) is 101 Å². The van der Waals surface area contributed by atoms with Crippen molar-refractivity contribution in [3.05, 3.63) is 182 Å². The molecule has 0 radical (unpaired) electrons. The fraction of sp³-hybridized carbons (Fsp3) is 0. The second-order valence-electron chi connectivity index (χ2n) is 13.0. The Bertz CT molecular complexity index is 2820. The zero-order valence-electron chi connectivity index (χ0n) is 28.5. The molecule has 0 amide bonds.